The molecule has 0 aliphatic heterocycles. The first-order valence-electron chi connectivity index (χ1n) is 5.50. The molecule has 0 heterocycles. The molecule has 5 nitrogen and oxygen atoms in total. The van der Waals surface area contributed by atoms with Crippen molar-refractivity contribution in [1.82, 2.24) is 0 Å². The fourth-order valence-electron chi connectivity index (χ4n) is 1.66. The Labute approximate surface area is 112 Å². The minimum atomic E-state index is -1.38. The molecule has 0 spiro atoms. The van der Waals surface area contributed by atoms with E-state index in [1.165, 1.54) is 24.3 Å². The van der Waals surface area contributed by atoms with Crippen molar-refractivity contribution in [3.05, 3.63) is 75.8 Å². The van der Waals surface area contributed by atoms with Gasteiger partial charge in [0.2, 0.25) is 0 Å². The zero-order chi connectivity index (χ0) is 14.7. The summed E-state index contributed by atoms with van der Waals surface area (Å²) >= 11 is 0. The standard InChI is InChI=1S/C13H8F2N2O3/c14-10-7-4-8-11(15)12(10)13(18)16(17(19)20)9-5-2-1-3-6-9/h1-8H. The monoisotopic (exact) mass is 278 g/mol. The summed E-state index contributed by atoms with van der Waals surface area (Å²) in [6.45, 7) is 0. The Balaban J connectivity index is 2.51. The van der Waals surface area contributed by atoms with Crippen molar-refractivity contribution in [3.8, 4) is 0 Å². The Kier molecular flexibility index (Phi) is 3.69. The molecule has 102 valence electrons. The van der Waals surface area contributed by atoms with Crippen LogP contribution in [0.3, 0.4) is 0 Å². The second-order valence-electron chi connectivity index (χ2n) is 3.79. The number of halogens is 2. The van der Waals surface area contributed by atoms with Gasteiger partial charge in [-0.05, 0) is 29.3 Å². The number of hydrogen-bond acceptors (Lipinski definition) is 3. The van der Waals surface area contributed by atoms with E-state index in [9.17, 15) is 23.7 Å². The summed E-state index contributed by atoms with van der Waals surface area (Å²) in [5, 5.41) is 10.1. The number of carbonyl (C=O) groups is 1. The van der Waals surface area contributed by atoms with E-state index in [-0.39, 0.29) is 10.7 Å². The maximum absolute atomic E-state index is 13.5. The first kappa shape index (κ1) is 13.6. The molecule has 0 bridgehead atoms. The second kappa shape index (κ2) is 5.43. The zero-order valence-corrected chi connectivity index (χ0v) is 9.99. The van der Waals surface area contributed by atoms with Crippen LogP contribution in [0.5, 0.6) is 0 Å². The van der Waals surface area contributed by atoms with Gasteiger partial charge in [-0.1, -0.05) is 24.3 Å². The van der Waals surface area contributed by atoms with Crippen LogP contribution in [0.25, 0.3) is 0 Å². The van der Waals surface area contributed by atoms with Crippen LogP contribution in [0.4, 0.5) is 14.5 Å². The van der Waals surface area contributed by atoms with E-state index >= 15 is 0 Å². The quantitative estimate of drug-likeness (QED) is 0.640. The fraction of sp³-hybridized carbons (Fsp3) is 0. The van der Waals surface area contributed by atoms with E-state index in [4.69, 9.17) is 0 Å². The van der Waals surface area contributed by atoms with E-state index in [0.29, 0.717) is 0 Å². The summed E-state index contributed by atoms with van der Waals surface area (Å²) in [7, 11) is 0. The lowest BCUT2D eigenvalue weighted by Gasteiger charge is -2.13. The Hall–Kier alpha value is -2.83. The molecule has 0 atom stereocenters. The highest BCUT2D eigenvalue weighted by Gasteiger charge is 2.32. The van der Waals surface area contributed by atoms with Crippen LogP contribution in [-0.4, -0.2) is 10.9 Å². The van der Waals surface area contributed by atoms with E-state index in [0.717, 1.165) is 18.2 Å². The number of anilines is 1. The normalized spacial score (nSPS) is 10.1. The third-order valence-corrected chi connectivity index (χ3v) is 2.53. The van der Waals surface area contributed by atoms with Gasteiger partial charge in [-0.2, -0.15) is 0 Å². The number of nitro groups is 1. The molecule has 0 aliphatic carbocycles. The molecular weight excluding hydrogens is 270 g/mol. The van der Waals surface area contributed by atoms with Gasteiger partial charge < -0.3 is 0 Å². The van der Waals surface area contributed by atoms with Crippen molar-refractivity contribution < 1.29 is 18.6 Å². The van der Waals surface area contributed by atoms with Crippen molar-refractivity contribution in [2.45, 2.75) is 0 Å². The minimum Gasteiger partial charge on any atom is -0.262 e. The van der Waals surface area contributed by atoms with Gasteiger partial charge >= 0.3 is 5.91 Å². The van der Waals surface area contributed by atoms with E-state index in [2.05, 4.69) is 0 Å². The largest absolute Gasteiger partial charge is 0.325 e. The highest BCUT2D eigenvalue weighted by Crippen LogP contribution is 2.20. The number of rotatable bonds is 3. The number of hydrazine groups is 1. The lowest BCUT2D eigenvalue weighted by Crippen LogP contribution is -2.37. The first-order chi connectivity index (χ1) is 9.52. The molecule has 2 aromatic carbocycles. The highest BCUT2D eigenvalue weighted by molar-refractivity contribution is 6.04. The molecule has 0 fully saturated rings. The summed E-state index contributed by atoms with van der Waals surface area (Å²) in [5.41, 5.74) is -1.06. The van der Waals surface area contributed by atoms with Gasteiger partial charge in [-0.25, -0.2) is 18.9 Å². The van der Waals surface area contributed by atoms with Gasteiger partial charge in [0.1, 0.15) is 22.9 Å². The Morgan fingerprint density at radius 1 is 1.00 bits per heavy atom. The topological polar surface area (TPSA) is 63.5 Å². The molecule has 0 radical (unpaired) electrons. The third kappa shape index (κ3) is 2.46. The summed E-state index contributed by atoms with van der Waals surface area (Å²) < 4.78 is 27.1. The van der Waals surface area contributed by atoms with Crippen LogP contribution in [0.15, 0.2) is 48.5 Å². The number of carbonyl (C=O) groups excluding carboxylic acids is 1. The van der Waals surface area contributed by atoms with Gasteiger partial charge in [0.15, 0.2) is 5.03 Å². The summed E-state index contributed by atoms with van der Waals surface area (Å²) in [5.74, 6) is -3.69. The average Bonchev–Trinajstić information content (AvgIpc) is 2.39. The van der Waals surface area contributed by atoms with Crippen molar-refractivity contribution in [1.29, 1.82) is 0 Å². The molecule has 2 rings (SSSR count). The molecular formula is C13H8F2N2O3. The van der Waals surface area contributed by atoms with Crippen molar-refractivity contribution in [2.24, 2.45) is 0 Å². The van der Waals surface area contributed by atoms with E-state index in [1.54, 1.807) is 6.07 Å². The summed E-state index contributed by atoms with van der Waals surface area (Å²) in [6, 6.07) is 9.90. The van der Waals surface area contributed by atoms with Crippen LogP contribution in [0.2, 0.25) is 0 Å². The second-order valence-corrected chi connectivity index (χ2v) is 3.79. The maximum atomic E-state index is 13.5. The van der Waals surface area contributed by atoms with Crippen molar-refractivity contribution >= 4 is 11.6 Å². The van der Waals surface area contributed by atoms with E-state index in [1.807, 2.05) is 0 Å². The van der Waals surface area contributed by atoms with Crippen molar-refractivity contribution in [3.63, 3.8) is 0 Å². The molecule has 0 aromatic heterocycles. The number of nitrogens with zero attached hydrogens (tertiary/aromatic N) is 2. The summed E-state index contributed by atoms with van der Waals surface area (Å²) in [6.07, 6.45) is 0. The smallest absolute Gasteiger partial charge is 0.262 e. The van der Waals surface area contributed by atoms with Crippen LogP contribution in [0, 0.1) is 21.7 Å². The minimum absolute atomic E-state index is 0.0925. The van der Waals surface area contributed by atoms with Gasteiger partial charge in [-0.15, -0.1) is 0 Å². The molecule has 1 amide bonds. The lowest BCUT2D eigenvalue weighted by atomic mass is 10.1. The van der Waals surface area contributed by atoms with Crippen LogP contribution < -0.4 is 5.01 Å². The molecule has 0 aliphatic rings. The van der Waals surface area contributed by atoms with Crippen molar-refractivity contribution in [2.75, 3.05) is 5.01 Å². The number of para-hydroxylation sites is 1. The highest BCUT2D eigenvalue weighted by atomic mass is 19.1. The SMILES string of the molecule is O=C(c1c(F)cccc1F)N(c1ccccc1)[N+](=O)[O-]. The van der Waals surface area contributed by atoms with Crippen LogP contribution in [-0.2, 0) is 0 Å². The molecule has 0 saturated carbocycles. The van der Waals surface area contributed by atoms with Gasteiger partial charge in [0.05, 0.1) is 0 Å². The fourth-order valence-corrected chi connectivity index (χ4v) is 1.66. The molecule has 0 saturated heterocycles. The number of hydrogen-bond donors (Lipinski definition) is 0. The van der Waals surface area contributed by atoms with Gasteiger partial charge in [0.25, 0.3) is 0 Å². The summed E-state index contributed by atoms with van der Waals surface area (Å²) in [4.78, 5) is 23.0. The van der Waals surface area contributed by atoms with E-state index < -0.39 is 28.1 Å². The predicted molar refractivity (Wildman–Crippen MR) is 66.6 cm³/mol. The predicted octanol–water partition coefficient (Wildman–Crippen LogP) is 2.80. The zero-order valence-electron chi connectivity index (χ0n) is 9.99. The first-order valence-corrected chi connectivity index (χ1v) is 5.50. The molecule has 7 heteroatoms. The molecule has 20 heavy (non-hydrogen) atoms. The molecule has 0 unspecified atom stereocenters. The average molecular weight is 278 g/mol. The number of amides is 1. The van der Waals surface area contributed by atoms with Crippen LogP contribution in [0.1, 0.15) is 10.4 Å². The lowest BCUT2D eigenvalue weighted by molar-refractivity contribution is -0.481. The van der Waals surface area contributed by atoms with Gasteiger partial charge in [0, 0.05) is 0 Å². The molecule has 2 aromatic rings. The molecule has 0 N–H and O–H groups in total. The maximum Gasteiger partial charge on any atom is 0.325 e. The Bertz CT molecular complexity index is 642. The van der Waals surface area contributed by atoms with Crippen LogP contribution >= 0.6 is 0 Å². The Morgan fingerprint density at radius 3 is 2.05 bits per heavy atom. The van der Waals surface area contributed by atoms with Gasteiger partial charge in [-0.3, -0.25) is 4.79 Å². The Morgan fingerprint density at radius 2 is 1.55 bits per heavy atom. The third-order valence-electron chi connectivity index (χ3n) is 2.53. The number of benzene rings is 2.